The van der Waals surface area contributed by atoms with Crippen LogP contribution in [0.5, 0.6) is 0 Å². The number of nitro groups is 1. The van der Waals surface area contributed by atoms with E-state index in [4.69, 9.17) is 4.42 Å². The Morgan fingerprint density at radius 3 is 2.73 bits per heavy atom. The summed E-state index contributed by atoms with van der Waals surface area (Å²) in [6.07, 6.45) is 1.33. The minimum atomic E-state index is -1.22. The first-order valence-corrected chi connectivity index (χ1v) is 9.59. The van der Waals surface area contributed by atoms with Crippen molar-refractivity contribution in [3.8, 4) is 0 Å². The van der Waals surface area contributed by atoms with Crippen LogP contribution in [-0.4, -0.2) is 31.7 Å². The number of carbonyl (C=O) groups excluding carboxylic acids is 2. The number of carbonyl (C=O) groups is 2. The molecule has 2 aromatic heterocycles. The largest absolute Gasteiger partial charge is 0.507 e. The van der Waals surface area contributed by atoms with Gasteiger partial charge in [0.2, 0.25) is 5.95 Å². The number of nitrogens with one attached hydrogen (secondary N) is 1. The molecule has 0 spiro atoms. The number of aromatic nitrogens is 2. The first-order valence-electron chi connectivity index (χ1n) is 9.59. The molecule has 0 saturated carbocycles. The second-order valence-electron chi connectivity index (χ2n) is 7.21. The minimum Gasteiger partial charge on any atom is -0.507 e. The van der Waals surface area contributed by atoms with Gasteiger partial charge in [0.1, 0.15) is 23.4 Å². The number of aliphatic hydroxyl groups excluding tert-OH is 1. The fourth-order valence-electron chi connectivity index (χ4n) is 3.77. The summed E-state index contributed by atoms with van der Waals surface area (Å²) < 4.78 is 19.1. The number of nitro benzene ring substituents is 1. The molecule has 3 heterocycles. The van der Waals surface area contributed by atoms with E-state index in [2.05, 4.69) is 9.97 Å². The predicted octanol–water partition coefficient (Wildman–Crippen LogP) is 3.83. The fraction of sp³-hybridized carbons (Fsp3) is 0.0455. The number of hydrogen-bond acceptors (Lipinski definition) is 7. The highest BCUT2D eigenvalue weighted by atomic mass is 19.1. The van der Waals surface area contributed by atoms with Crippen LogP contribution in [0, 0.1) is 15.9 Å². The van der Waals surface area contributed by atoms with Gasteiger partial charge in [0.25, 0.3) is 11.5 Å². The molecule has 33 heavy (non-hydrogen) atoms. The van der Waals surface area contributed by atoms with Gasteiger partial charge in [-0.1, -0.05) is 12.1 Å². The molecule has 0 aliphatic carbocycles. The molecule has 4 aromatic rings. The van der Waals surface area contributed by atoms with E-state index >= 15 is 0 Å². The smallest absolute Gasteiger partial charge is 0.302 e. The highest BCUT2D eigenvalue weighted by Gasteiger charge is 2.49. The van der Waals surface area contributed by atoms with Crippen molar-refractivity contribution in [2.45, 2.75) is 6.04 Å². The molecular formula is C22H13FN4O6. The number of aromatic amines is 1. The average molecular weight is 448 g/mol. The lowest BCUT2D eigenvalue weighted by Gasteiger charge is -2.20. The quantitative estimate of drug-likeness (QED) is 0.159. The van der Waals surface area contributed by atoms with Crippen LogP contribution >= 0.6 is 0 Å². The number of Topliss-reactive ketones (excluding diaryl/α,β-unsaturated/α-hetero) is 1. The van der Waals surface area contributed by atoms with Gasteiger partial charge in [-0.2, -0.15) is 0 Å². The molecule has 164 valence electrons. The van der Waals surface area contributed by atoms with E-state index < -0.39 is 34.2 Å². The van der Waals surface area contributed by atoms with Gasteiger partial charge < -0.3 is 14.5 Å². The number of fused-ring (bicyclic) bond motifs is 1. The highest BCUT2D eigenvalue weighted by Crippen LogP contribution is 2.42. The zero-order chi connectivity index (χ0) is 23.3. The van der Waals surface area contributed by atoms with Crippen molar-refractivity contribution in [3.05, 3.63) is 93.7 Å². The van der Waals surface area contributed by atoms with Crippen LogP contribution in [0.2, 0.25) is 0 Å². The number of benzene rings is 2. The van der Waals surface area contributed by atoms with Gasteiger partial charge in [0.15, 0.2) is 0 Å². The molecule has 0 radical (unpaired) electrons. The Hall–Kier alpha value is -4.80. The fourth-order valence-corrected chi connectivity index (χ4v) is 3.77. The minimum absolute atomic E-state index is 0.0227. The Morgan fingerprint density at radius 1 is 1.18 bits per heavy atom. The molecule has 1 aliphatic heterocycles. The van der Waals surface area contributed by atoms with Crippen LogP contribution in [0.1, 0.15) is 17.4 Å². The Morgan fingerprint density at radius 2 is 2.00 bits per heavy atom. The van der Waals surface area contributed by atoms with Crippen molar-refractivity contribution in [1.29, 1.82) is 0 Å². The molecular weight excluding hydrogens is 435 g/mol. The summed E-state index contributed by atoms with van der Waals surface area (Å²) in [5, 5.41) is 22.1. The Labute approximate surface area is 183 Å². The second kappa shape index (κ2) is 7.41. The molecule has 2 aromatic carbocycles. The average Bonchev–Trinajstić information content (AvgIpc) is 3.52. The van der Waals surface area contributed by atoms with Crippen molar-refractivity contribution in [2.24, 2.45) is 0 Å². The first-order chi connectivity index (χ1) is 15.8. The number of ketones is 1. The third kappa shape index (κ3) is 3.22. The standard InChI is InChI=1S/C22H13FN4O6/c23-12-6-7-14-15(10-12)25-22(24-14)26-18(16-5-2-8-33-16)17(20(29)21(26)30)19(28)11-3-1-4-13(9-11)27(31)32/h1-10,18,28H,(H,24,25)/b19-17+. The number of halogens is 1. The van der Waals surface area contributed by atoms with Gasteiger partial charge >= 0.3 is 5.91 Å². The lowest BCUT2D eigenvalue weighted by molar-refractivity contribution is -0.384. The molecule has 2 N–H and O–H groups in total. The van der Waals surface area contributed by atoms with E-state index in [1.807, 2.05) is 0 Å². The summed E-state index contributed by atoms with van der Waals surface area (Å²) >= 11 is 0. The zero-order valence-electron chi connectivity index (χ0n) is 16.6. The monoisotopic (exact) mass is 448 g/mol. The molecule has 1 atom stereocenters. The number of hydrogen-bond donors (Lipinski definition) is 2. The van der Waals surface area contributed by atoms with E-state index in [0.717, 1.165) is 11.0 Å². The van der Waals surface area contributed by atoms with Gasteiger partial charge in [0.05, 0.1) is 27.8 Å². The zero-order valence-corrected chi connectivity index (χ0v) is 16.6. The topological polar surface area (TPSA) is 143 Å². The number of anilines is 1. The molecule has 5 rings (SSSR count). The third-order valence-electron chi connectivity index (χ3n) is 5.25. The molecule has 1 unspecified atom stereocenters. The maximum atomic E-state index is 13.6. The van der Waals surface area contributed by atoms with Crippen LogP contribution < -0.4 is 4.90 Å². The van der Waals surface area contributed by atoms with Crippen molar-refractivity contribution in [3.63, 3.8) is 0 Å². The van der Waals surface area contributed by atoms with Crippen LogP contribution in [0.3, 0.4) is 0 Å². The summed E-state index contributed by atoms with van der Waals surface area (Å²) in [6, 6.07) is 10.7. The number of non-ortho nitro benzene ring substituents is 1. The van der Waals surface area contributed by atoms with Crippen molar-refractivity contribution in [1.82, 2.24) is 9.97 Å². The van der Waals surface area contributed by atoms with E-state index in [1.165, 1.54) is 54.8 Å². The van der Waals surface area contributed by atoms with Gasteiger partial charge in [-0.25, -0.2) is 9.37 Å². The lowest BCUT2D eigenvalue weighted by atomic mass is 9.99. The summed E-state index contributed by atoms with van der Waals surface area (Å²) in [6.45, 7) is 0. The number of nitrogens with zero attached hydrogens (tertiary/aromatic N) is 3. The number of H-pyrrole nitrogens is 1. The number of imidazole rings is 1. The number of amides is 1. The molecule has 1 saturated heterocycles. The molecule has 10 nitrogen and oxygen atoms in total. The molecule has 0 bridgehead atoms. The van der Waals surface area contributed by atoms with E-state index in [1.54, 1.807) is 0 Å². The molecule has 11 heteroatoms. The van der Waals surface area contributed by atoms with E-state index in [-0.39, 0.29) is 28.5 Å². The lowest BCUT2D eigenvalue weighted by Crippen LogP contribution is -2.30. The Kier molecular flexibility index (Phi) is 4.52. The second-order valence-corrected chi connectivity index (χ2v) is 7.21. The van der Waals surface area contributed by atoms with Crippen molar-refractivity contribution < 1.29 is 28.4 Å². The van der Waals surface area contributed by atoms with Gasteiger partial charge in [-0.05, 0) is 30.3 Å². The van der Waals surface area contributed by atoms with Crippen LogP contribution in [-0.2, 0) is 9.59 Å². The van der Waals surface area contributed by atoms with Crippen molar-refractivity contribution in [2.75, 3.05) is 4.90 Å². The van der Waals surface area contributed by atoms with E-state index in [9.17, 15) is 29.2 Å². The number of rotatable bonds is 4. The van der Waals surface area contributed by atoms with Gasteiger partial charge in [-0.15, -0.1) is 0 Å². The molecule has 1 fully saturated rings. The molecule has 1 amide bonds. The SMILES string of the molecule is O=C1C(=O)N(c2nc3ccc(F)cc3[nH]2)C(c2ccco2)/C1=C(\O)c1cccc([N+](=O)[O-])c1. The maximum Gasteiger partial charge on any atom is 0.302 e. The van der Waals surface area contributed by atoms with Crippen LogP contribution in [0.25, 0.3) is 16.8 Å². The normalized spacial score (nSPS) is 17.7. The Bertz CT molecular complexity index is 1470. The Balaban J connectivity index is 1.71. The van der Waals surface area contributed by atoms with E-state index in [0.29, 0.717) is 11.0 Å². The maximum absolute atomic E-state index is 13.6. The van der Waals surface area contributed by atoms with Gasteiger partial charge in [-0.3, -0.25) is 24.6 Å². The van der Waals surface area contributed by atoms with Crippen LogP contribution in [0.15, 0.2) is 70.9 Å². The first kappa shape index (κ1) is 20.1. The van der Waals surface area contributed by atoms with Crippen molar-refractivity contribution >= 4 is 40.1 Å². The predicted molar refractivity (Wildman–Crippen MR) is 113 cm³/mol. The summed E-state index contributed by atoms with van der Waals surface area (Å²) in [5.74, 6) is -3.09. The summed E-state index contributed by atoms with van der Waals surface area (Å²) in [4.78, 5) is 44.6. The van der Waals surface area contributed by atoms with Gasteiger partial charge in [0, 0.05) is 17.7 Å². The van der Waals surface area contributed by atoms with Crippen LogP contribution in [0.4, 0.5) is 16.0 Å². The third-order valence-corrected chi connectivity index (χ3v) is 5.25. The number of aliphatic hydroxyl groups is 1. The highest BCUT2D eigenvalue weighted by molar-refractivity contribution is 6.51. The number of furan rings is 1. The summed E-state index contributed by atoms with van der Waals surface area (Å²) in [7, 11) is 0. The summed E-state index contributed by atoms with van der Waals surface area (Å²) in [5.41, 5.74) is -0.0105. The molecule has 1 aliphatic rings.